The fourth-order valence-electron chi connectivity index (χ4n) is 1.61. The Bertz CT molecular complexity index is 394. The van der Waals surface area contributed by atoms with Gasteiger partial charge in [-0.05, 0) is 24.1 Å². The molecule has 1 aliphatic rings. The van der Waals surface area contributed by atoms with E-state index in [1.54, 1.807) is 0 Å². The predicted octanol–water partition coefficient (Wildman–Crippen LogP) is 2.02. The highest BCUT2D eigenvalue weighted by Gasteiger charge is 2.20. The lowest BCUT2D eigenvalue weighted by Gasteiger charge is -2.25. The Morgan fingerprint density at radius 2 is 2.40 bits per heavy atom. The molecule has 1 amide bonds. The standard InChI is InChI=1S/C10H10BrNO3/c11-7-2-1-6-3-8(12-10(13)14)5-15-9(6)4-7/h1-2,4,8,12H,3,5H2,(H,13,14)/t8-/m0/s1. The Labute approximate surface area is 95.4 Å². The van der Waals surface area contributed by atoms with E-state index in [2.05, 4.69) is 21.2 Å². The summed E-state index contributed by atoms with van der Waals surface area (Å²) in [5.41, 5.74) is 1.03. The number of benzene rings is 1. The zero-order chi connectivity index (χ0) is 10.8. The summed E-state index contributed by atoms with van der Waals surface area (Å²) in [7, 11) is 0. The zero-order valence-electron chi connectivity index (χ0n) is 7.87. The van der Waals surface area contributed by atoms with Gasteiger partial charge in [-0.2, -0.15) is 0 Å². The number of hydrogen-bond acceptors (Lipinski definition) is 2. The van der Waals surface area contributed by atoms with Crippen LogP contribution in [0.15, 0.2) is 22.7 Å². The minimum atomic E-state index is -1.01. The topological polar surface area (TPSA) is 58.6 Å². The second kappa shape index (κ2) is 4.10. The molecular formula is C10H10BrNO3. The Balaban J connectivity index is 2.13. The highest BCUT2D eigenvalue weighted by Crippen LogP contribution is 2.27. The summed E-state index contributed by atoms with van der Waals surface area (Å²) in [6.45, 7) is 0.385. The number of carbonyl (C=O) groups is 1. The maximum Gasteiger partial charge on any atom is 0.405 e. The third-order valence-corrected chi connectivity index (χ3v) is 2.76. The molecule has 0 saturated heterocycles. The molecule has 2 rings (SSSR count). The molecule has 5 heteroatoms. The molecule has 80 valence electrons. The lowest BCUT2D eigenvalue weighted by atomic mass is 10.0. The van der Waals surface area contributed by atoms with Crippen LogP contribution in [-0.4, -0.2) is 23.8 Å². The Kier molecular flexibility index (Phi) is 2.81. The first-order valence-electron chi connectivity index (χ1n) is 4.56. The lowest BCUT2D eigenvalue weighted by Crippen LogP contribution is -2.41. The van der Waals surface area contributed by atoms with E-state index in [9.17, 15) is 4.79 Å². The monoisotopic (exact) mass is 271 g/mol. The second-order valence-corrected chi connectivity index (χ2v) is 4.33. The number of hydrogen-bond donors (Lipinski definition) is 2. The Morgan fingerprint density at radius 3 is 3.13 bits per heavy atom. The number of rotatable bonds is 1. The summed E-state index contributed by atoms with van der Waals surface area (Å²) in [4.78, 5) is 10.5. The first-order valence-corrected chi connectivity index (χ1v) is 5.35. The average Bonchev–Trinajstić information content (AvgIpc) is 2.17. The minimum Gasteiger partial charge on any atom is -0.491 e. The van der Waals surface area contributed by atoms with Gasteiger partial charge in [0.05, 0.1) is 6.04 Å². The number of ether oxygens (including phenoxy) is 1. The summed E-state index contributed by atoms with van der Waals surface area (Å²) in [5.74, 6) is 0.827. The van der Waals surface area contributed by atoms with Gasteiger partial charge in [-0.1, -0.05) is 22.0 Å². The van der Waals surface area contributed by atoms with Gasteiger partial charge in [0.15, 0.2) is 0 Å². The van der Waals surface area contributed by atoms with Gasteiger partial charge < -0.3 is 15.2 Å². The van der Waals surface area contributed by atoms with Crippen LogP contribution in [0.2, 0.25) is 0 Å². The summed E-state index contributed by atoms with van der Waals surface area (Å²) < 4.78 is 6.43. The summed E-state index contributed by atoms with van der Waals surface area (Å²) >= 11 is 3.36. The molecule has 2 N–H and O–H groups in total. The fraction of sp³-hybridized carbons (Fsp3) is 0.300. The number of nitrogens with one attached hydrogen (secondary N) is 1. The van der Waals surface area contributed by atoms with Crippen molar-refractivity contribution in [3.05, 3.63) is 28.2 Å². The zero-order valence-corrected chi connectivity index (χ0v) is 9.45. The summed E-state index contributed by atoms with van der Waals surface area (Å²) in [6, 6.07) is 5.60. The minimum absolute atomic E-state index is 0.156. The fourth-order valence-corrected chi connectivity index (χ4v) is 1.95. The van der Waals surface area contributed by atoms with Crippen molar-refractivity contribution in [2.24, 2.45) is 0 Å². The molecule has 0 radical (unpaired) electrons. The first kappa shape index (κ1) is 10.3. The van der Waals surface area contributed by atoms with E-state index in [1.807, 2.05) is 18.2 Å². The third kappa shape index (κ3) is 2.41. The van der Waals surface area contributed by atoms with Crippen LogP contribution >= 0.6 is 15.9 Å². The third-order valence-electron chi connectivity index (χ3n) is 2.26. The van der Waals surface area contributed by atoms with Gasteiger partial charge in [0, 0.05) is 4.47 Å². The molecule has 0 aliphatic carbocycles. The molecule has 1 aromatic carbocycles. The van der Waals surface area contributed by atoms with E-state index in [0.717, 1.165) is 15.8 Å². The Hall–Kier alpha value is -1.23. The van der Waals surface area contributed by atoms with Crippen LogP contribution in [0, 0.1) is 0 Å². The molecule has 1 atom stereocenters. The normalized spacial score (nSPS) is 18.9. The van der Waals surface area contributed by atoms with Crippen molar-refractivity contribution in [2.75, 3.05) is 6.61 Å². The van der Waals surface area contributed by atoms with Crippen molar-refractivity contribution in [1.29, 1.82) is 0 Å². The van der Waals surface area contributed by atoms with E-state index < -0.39 is 6.09 Å². The van der Waals surface area contributed by atoms with E-state index in [1.165, 1.54) is 0 Å². The van der Waals surface area contributed by atoms with Crippen LogP contribution in [-0.2, 0) is 6.42 Å². The van der Waals surface area contributed by atoms with Crippen molar-refractivity contribution in [1.82, 2.24) is 5.32 Å². The molecule has 0 aromatic heterocycles. The molecule has 1 heterocycles. The van der Waals surface area contributed by atoms with Gasteiger partial charge in [-0.15, -0.1) is 0 Å². The van der Waals surface area contributed by atoms with Crippen LogP contribution in [0.5, 0.6) is 5.75 Å². The second-order valence-electron chi connectivity index (χ2n) is 3.41. The highest BCUT2D eigenvalue weighted by molar-refractivity contribution is 9.10. The van der Waals surface area contributed by atoms with Crippen molar-refractivity contribution < 1.29 is 14.6 Å². The van der Waals surface area contributed by atoms with Crippen molar-refractivity contribution in [3.63, 3.8) is 0 Å². The number of carboxylic acid groups (broad SMARTS) is 1. The van der Waals surface area contributed by atoms with Crippen LogP contribution in [0.25, 0.3) is 0 Å². The first-order chi connectivity index (χ1) is 7.15. The van der Waals surface area contributed by atoms with Crippen molar-refractivity contribution in [2.45, 2.75) is 12.5 Å². The Morgan fingerprint density at radius 1 is 1.60 bits per heavy atom. The number of fused-ring (bicyclic) bond motifs is 1. The lowest BCUT2D eigenvalue weighted by molar-refractivity contribution is 0.176. The molecule has 1 aliphatic heterocycles. The van der Waals surface area contributed by atoms with Gasteiger partial charge in [0.2, 0.25) is 0 Å². The van der Waals surface area contributed by atoms with Crippen LogP contribution in [0.1, 0.15) is 5.56 Å². The van der Waals surface area contributed by atoms with Crippen LogP contribution in [0.3, 0.4) is 0 Å². The predicted molar refractivity (Wildman–Crippen MR) is 58.3 cm³/mol. The molecule has 15 heavy (non-hydrogen) atoms. The molecule has 1 aromatic rings. The van der Waals surface area contributed by atoms with Crippen LogP contribution < -0.4 is 10.1 Å². The molecular weight excluding hydrogens is 262 g/mol. The SMILES string of the molecule is O=C(O)N[C@@H]1COc2cc(Br)ccc2C1. The molecule has 0 saturated carbocycles. The molecule has 0 fully saturated rings. The smallest absolute Gasteiger partial charge is 0.405 e. The summed E-state index contributed by atoms with van der Waals surface area (Å²) in [5, 5.41) is 11.0. The molecule has 4 nitrogen and oxygen atoms in total. The summed E-state index contributed by atoms with van der Waals surface area (Å²) in [6.07, 6.45) is -0.335. The highest BCUT2D eigenvalue weighted by atomic mass is 79.9. The number of amides is 1. The van der Waals surface area contributed by atoms with Gasteiger partial charge >= 0.3 is 6.09 Å². The maximum atomic E-state index is 10.5. The van der Waals surface area contributed by atoms with E-state index >= 15 is 0 Å². The van der Waals surface area contributed by atoms with Gasteiger partial charge in [0.25, 0.3) is 0 Å². The van der Waals surface area contributed by atoms with E-state index in [0.29, 0.717) is 13.0 Å². The van der Waals surface area contributed by atoms with Gasteiger partial charge in [0.1, 0.15) is 12.4 Å². The maximum absolute atomic E-state index is 10.5. The average molecular weight is 272 g/mol. The van der Waals surface area contributed by atoms with Crippen molar-refractivity contribution >= 4 is 22.0 Å². The molecule has 0 bridgehead atoms. The number of halogens is 1. The van der Waals surface area contributed by atoms with Crippen LogP contribution in [0.4, 0.5) is 4.79 Å². The van der Waals surface area contributed by atoms with Crippen molar-refractivity contribution in [3.8, 4) is 5.75 Å². The van der Waals surface area contributed by atoms with E-state index in [4.69, 9.17) is 9.84 Å². The quantitative estimate of drug-likeness (QED) is 0.822. The van der Waals surface area contributed by atoms with Gasteiger partial charge in [-0.3, -0.25) is 0 Å². The largest absolute Gasteiger partial charge is 0.491 e. The molecule has 0 spiro atoms. The molecule has 0 unspecified atom stereocenters. The van der Waals surface area contributed by atoms with E-state index in [-0.39, 0.29) is 6.04 Å². The van der Waals surface area contributed by atoms with Gasteiger partial charge in [-0.25, -0.2) is 4.79 Å².